The van der Waals surface area contributed by atoms with Crippen LogP contribution in [-0.4, -0.2) is 27.1 Å². The Morgan fingerprint density at radius 2 is 2.07 bits per heavy atom. The smallest absolute Gasteiger partial charge is 0.173 e. The molecule has 1 rings (SSSR count). The Labute approximate surface area is 103 Å². The molecule has 0 radical (unpaired) electrons. The van der Waals surface area contributed by atoms with Crippen LogP contribution in [0.1, 0.15) is 0 Å². The van der Waals surface area contributed by atoms with Gasteiger partial charge >= 0.3 is 0 Å². The van der Waals surface area contributed by atoms with Gasteiger partial charge in [0.25, 0.3) is 0 Å². The fraction of sp³-hybridized carbons (Fsp3) is 0.400. The van der Waals surface area contributed by atoms with E-state index in [1.807, 2.05) is 18.2 Å². The molecule has 0 heterocycles. The summed E-state index contributed by atoms with van der Waals surface area (Å²) in [5.74, 6) is 0. The molecule has 0 saturated carbocycles. The van der Waals surface area contributed by atoms with Crippen LogP contribution in [0.15, 0.2) is 22.7 Å². The molecule has 0 fully saturated rings. The van der Waals surface area contributed by atoms with Gasteiger partial charge in [-0.25, -0.2) is 0 Å². The normalized spacial score (nSPS) is 10.7. The number of anilines is 1. The predicted octanol–water partition coefficient (Wildman–Crippen LogP) is 3.13. The number of rotatable bonds is 5. The van der Waals surface area contributed by atoms with Crippen LogP contribution in [-0.2, 0) is 9.47 Å². The number of nitrogens with one attached hydrogen (secondary N) is 1. The van der Waals surface area contributed by atoms with Crippen LogP contribution in [0.25, 0.3) is 0 Å². The molecule has 5 heteroatoms. The molecular formula is C10H13BrClNO2. The van der Waals surface area contributed by atoms with Gasteiger partial charge in [-0.3, -0.25) is 0 Å². The molecule has 0 aliphatic carbocycles. The maximum atomic E-state index is 6.03. The molecule has 0 aliphatic rings. The lowest BCUT2D eigenvalue weighted by molar-refractivity contribution is -0.0914. The van der Waals surface area contributed by atoms with E-state index >= 15 is 0 Å². The van der Waals surface area contributed by atoms with Crippen molar-refractivity contribution in [3.63, 3.8) is 0 Å². The van der Waals surface area contributed by atoms with Crippen molar-refractivity contribution in [3.8, 4) is 0 Å². The SMILES string of the molecule is COC(CNc1ccc(Br)cc1Cl)OC. The van der Waals surface area contributed by atoms with Crippen LogP contribution in [0.2, 0.25) is 5.02 Å². The first kappa shape index (κ1) is 12.8. The third-order valence-electron chi connectivity index (χ3n) is 1.92. The lowest BCUT2D eigenvalue weighted by Gasteiger charge is -2.15. The van der Waals surface area contributed by atoms with Crippen LogP contribution in [0.5, 0.6) is 0 Å². The maximum Gasteiger partial charge on any atom is 0.173 e. The topological polar surface area (TPSA) is 30.5 Å². The molecule has 0 atom stereocenters. The van der Waals surface area contributed by atoms with E-state index in [9.17, 15) is 0 Å². The molecule has 0 unspecified atom stereocenters. The molecule has 0 saturated heterocycles. The molecule has 1 N–H and O–H groups in total. The summed E-state index contributed by atoms with van der Waals surface area (Å²) in [7, 11) is 3.19. The van der Waals surface area contributed by atoms with E-state index in [-0.39, 0.29) is 6.29 Å². The minimum Gasteiger partial charge on any atom is -0.379 e. The highest BCUT2D eigenvalue weighted by molar-refractivity contribution is 9.10. The van der Waals surface area contributed by atoms with Crippen LogP contribution < -0.4 is 5.32 Å². The summed E-state index contributed by atoms with van der Waals surface area (Å²) in [6.07, 6.45) is -0.273. The second-order valence-electron chi connectivity index (χ2n) is 2.91. The molecule has 0 aliphatic heterocycles. The zero-order valence-corrected chi connectivity index (χ0v) is 10.9. The Morgan fingerprint density at radius 1 is 1.40 bits per heavy atom. The van der Waals surface area contributed by atoms with Gasteiger partial charge in [-0.05, 0) is 18.2 Å². The highest BCUT2D eigenvalue weighted by atomic mass is 79.9. The Morgan fingerprint density at radius 3 is 2.60 bits per heavy atom. The Kier molecular flexibility index (Phi) is 5.39. The van der Waals surface area contributed by atoms with Crippen molar-refractivity contribution >= 4 is 33.2 Å². The lowest BCUT2D eigenvalue weighted by Crippen LogP contribution is -2.23. The van der Waals surface area contributed by atoms with Gasteiger partial charge in [0.1, 0.15) is 0 Å². The molecule has 15 heavy (non-hydrogen) atoms. The number of methoxy groups -OCH3 is 2. The highest BCUT2D eigenvalue weighted by Gasteiger charge is 2.06. The summed E-state index contributed by atoms with van der Waals surface area (Å²) in [5, 5.41) is 3.80. The van der Waals surface area contributed by atoms with E-state index in [2.05, 4.69) is 21.2 Å². The minimum atomic E-state index is -0.273. The van der Waals surface area contributed by atoms with Crippen molar-refractivity contribution in [2.45, 2.75) is 6.29 Å². The summed E-state index contributed by atoms with van der Waals surface area (Å²) >= 11 is 9.37. The summed E-state index contributed by atoms with van der Waals surface area (Å²) < 4.78 is 11.0. The van der Waals surface area contributed by atoms with Gasteiger partial charge in [-0.2, -0.15) is 0 Å². The Balaban J connectivity index is 2.57. The van der Waals surface area contributed by atoms with Crippen molar-refractivity contribution in [2.75, 3.05) is 26.1 Å². The van der Waals surface area contributed by atoms with Crippen LogP contribution in [0.3, 0.4) is 0 Å². The number of benzene rings is 1. The highest BCUT2D eigenvalue weighted by Crippen LogP contribution is 2.25. The van der Waals surface area contributed by atoms with Crippen molar-refractivity contribution in [1.29, 1.82) is 0 Å². The molecule has 1 aromatic carbocycles. The zero-order valence-electron chi connectivity index (χ0n) is 8.59. The first-order valence-corrected chi connectivity index (χ1v) is 5.59. The van der Waals surface area contributed by atoms with Gasteiger partial charge in [0.05, 0.1) is 17.3 Å². The van der Waals surface area contributed by atoms with E-state index < -0.39 is 0 Å². The summed E-state index contributed by atoms with van der Waals surface area (Å²) in [6, 6.07) is 5.65. The molecule has 0 spiro atoms. The van der Waals surface area contributed by atoms with Crippen molar-refractivity contribution < 1.29 is 9.47 Å². The van der Waals surface area contributed by atoms with E-state index in [0.29, 0.717) is 11.6 Å². The average molecular weight is 295 g/mol. The number of ether oxygens (including phenoxy) is 2. The van der Waals surface area contributed by atoms with Crippen molar-refractivity contribution in [1.82, 2.24) is 0 Å². The molecule has 0 bridgehead atoms. The van der Waals surface area contributed by atoms with Gasteiger partial charge in [-0.1, -0.05) is 27.5 Å². The summed E-state index contributed by atoms with van der Waals surface area (Å²) in [4.78, 5) is 0. The number of hydrogen-bond donors (Lipinski definition) is 1. The number of hydrogen-bond acceptors (Lipinski definition) is 3. The molecular weight excluding hydrogens is 281 g/mol. The lowest BCUT2D eigenvalue weighted by atomic mass is 10.3. The fourth-order valence-electron chi connectivity index (χ4n) is 1.09. The third kappa shape index (κ3) is 3.99. The van der Waals surface area contributed by atoms with Gasteiger partial charge in [0, 0.05) is 18.7 Å². The van der Waals surface area contributed by atoms with E-state index in [1.54, 1.807) is 14.2 Å². The summed E-state index contributed by atoms with van der Waals surface area (Å²) in [5.41, 5.74) is 0.860. The molecule has 84 valence electrons. The first-order chi connectivity index (χ1) is 7.17. The standard InChI is InChI=1S/C10H13BrClNO2/c1-14-10(15-2)6-13-9-4-3-7(11)5-8(9)12/h3-5,10,13H,6H2,1-2H3. The quantitative estimate of drug-likeness (QED) is 0.846. The predicted molar refractivity (Wildman–Crippen MR) is 65.4 cm³/mol. The molecule has 1 aromatic rings. The first-order valence-electron chi connectivity index (χ1n) is 4.42. The van der Waals surface area contributed by atoms with Gasteiger partial charge in [0.2, 0.25) is 0 Å². The van der Waals surface area contributed by atoms with Gasteiger partial charge < -0.3 is 14.8 Å². The van der Waals surface area contributed by atoms with E-state index in [4.69, 9.17) is 21.1 Å². The fourth-order valence-corrected chi connectivity index (χ4v) is 1.83. The number of halogens is 2. The van der Waals surface area contributed by atoms with Crippen LogP contribution in [0, 0.1) is 0 Å². The largest absolute Gasteiger partial charge is 0.379 e. The van der Waals surface area contributed by atoms with Gasteiger partial charge in [-0.15, -0.1) is 0 Å². The van der Waals surface area contributed by atoms with Crippen LogP contribution >= 0.6 is 27.5 Å². The average Bonchev–Trinajstić information content (AvgIpc) is 2.22. The zero-order chi connectivity index (χ0) is 11.3. The Hall–Kier alpha value is -0.290. The molecule has 3 nitrogen and oxygen atoms in total. The second kappa shape index (κ2) is 6.33. The Bertz CT molecular complexity index is 318. The molecule has 0 aromatic heterocycles. The minimum absolute atomic E-state index is 0.273. The van der Waals surface area contributed by atoms with E-state index in [0.717, 1.165) is 10.2 Å². The summed E-state index contributed by atoms with van der Waals surface area (Å²) in [6.45, 7) is 0.550. The van der Waals surface area contributed by atoms with Crippen molar-refractivity contribution in [2.24, 2.45) is 0 Å². The van der Waals surface area contributed by atoms with Gasteiger partial charge in [0.15, 0.2) is 6.29 Å². The van der Waals surface area contributed by atoms with Crippen LogP contribution in [0.4, 0.5) is 5.69 Å². The maximum absolute atomic E-state index is 6.03. The van der Waals surface area contributed by atoms with Crippen molar-refractivity contribution in [3.05, 3.63) is 27.7 Å². The molecule has 0 amide bonds. The second-order valence-corrected chi connectivity index (χ2v) is 4.23. The third-order valence-corrected chi connectivity index (χ3v) is 2.72. The van der Waals surface area contributed by atoms with E-state index in [1.165, 1.54) is 0 Å². The monoisotopic (exact) mass is 293 g/mol.